The number of aliphatic hydroxyl groups excluding tert-OH is 1. The highest BCUT2D eigenvalue weighted by Crippen LogP contribution is 2.38. The van der Waals surface area contributed by atoms with Gasteiger partial charge in [-0.1, -0.05) is 49.1 Å². The maximum absolute atomic E-state index is 10.4. The number of aliphatic hydroxyl groups is 2. The van der Waals surface area contributed by atoms with Gasteiger partial charge in [0.15, 0.2) is 0 Å². The highest BCUT2D eigenvalue weighted by atomic mass is 16.3. The second-order valence-corrected chi connectivity index (χ2v) is 4.98. The van der Waals surface area contributed by atoms with Crippen LogP contribution in [0.2, 0.25) is 0 Å². The van der Waals surface area contributed by atoms with E-state index in [0.29, 0.717) is 12.8 Å². The molecule has 0 heterocycles. The molecule has 0 saturated heterocycles. The average molecular weight is 220 g/mol. The lowest BCUT2D eigenvalue weighted by Gasteiger charge is -2.36. The predicted octanol–water partition coefficient (Wildman–Crippen LogP) is 2.72. The highest BCUT2D eigenvalue weighted by Gasteiger charge is 2.37. The maximum atomic E-state index is 10.4. The fourth-order valence-corrected chi connectivity index (χ4v) is 2.59. The molecule has 0 aromatic heterocycles. The molecule has 0 radical (unpaired) electrons. The van der Waals surface area contributed by atoms with Gasteiger partial charge in [0.25, 0.3) is 0 Å². The molecule has 88 valence electrons. The molecule has 1 saturated carbocycles. The second kappa shape index (κ2) is 4.56. The molecule has 1 aromatic rings. The SMILES string of the molecule is Cc1cccc(C(O)C2(O)CCCCC2)c1. The van der Waals surface area contributed by atoms with Crippen molar-refractivity contribution in [1.29, 1.82) is 0 Å². The zero-order chi connectivity index (χ0) is 11.6. The van der Waals surface area contributed by atoms with Gasteiger partial charge in [0, 0.05) is 0 Å². The number of hydrogen-bond donors (Lipinski definition) is 2. The molecule has 2 N–H and O–H groups in total. The van der Waals surface area contributed by atoms with E-state index in [0.717, 1.165) is 24.0 Å². The van der Waals surface area contributed by atoms with Crippen LogP contribution in [0.15, 0.2) is 24.3 Å². The minimum Gasteiger partial charge on any atom is -0.387 e. The third-order valence-electron chi connectivity index (χ3n) is 3.59. The van der Waals surface area contributed by atoms with Crippen molar-refractivity contribution in [1.82, 2.24) is 0 Å². The van der Waals surface area contributed by atoms with E-state index in [4.69, 9.17) is 0 Å². The lowest BCUT2D eigenvalue weighted by molar-refractivity contribution is -0.0991. The van der Waals surface area contributed by atoms with E-state index < -0.39 is 11.7 Å². The van der Waals surface area contributed by atoms with Gasteiger partial charge in [-0.25, -0.2) is 0 Å². The number of hydrogen-bond acceptors (Lipinski definition) is 2. The van der Waals surface area contributed by atoms with Crippen LogP contribution < -0.4 is 0 Å². The van der Waals surface area contributed by atoms with Crippen LogP contribution in [0.3, 0.4) is 0 Å². The topological polar surface area (TPSA) is 40.5 Å². The normalized spacial score (nSPS) is 21.7. The fourth-order valence-electron chi connectivity index (χ4n) is 2.59. The molecule has 1 aliphatic rings. The van der Waals surface area contributed by atoms with E-state index in [1.807, 2.05) is 31.2 Å². The monoisotopic (exact) mass is 220 g/mol. The first kappa shape index (κ1) is 11.6. The van der Waals surface area contributed by atoms with E-state index >= 15 is 0 Å². The summed E-state index contributed by atoms with van der Waals surface area (Å²) in [7, 11) is 0. The van der Waals surface area contributed by atoms with Gasteiger partial charge in [-0.15, -0.1) is 0 Å². The first-order valence-corrected chi connectivity index (χ1v) is 6.09. The quantitative estimate of drug-likeness (QED) is 0.804. The molecule has 2 nitrogen and oxygen atoms in total. The van der Waals surface area contributed by atoms with E-state index in [9.17, 15) is 10.2 Å². The largest absolute Gasteiger partial charge is 0.387 e. The second-order valence-electron chi connectivity index (χ2n) is 4.98. The summed E-state index contributed by atoms with van der Waals surface area (Å²) >= 11 is 0. The van der Waals surface area contributed by atoms with Crippen LogP contribution >= 0.6 is 0 Å². The van der Waals surface area contributed by atoms with Crippen LogP contribution in [0.5, 0.6) is 0 Å². The van der Waals surface area contributed by atoms with Crippen LogP contribution in [0.25, 0.3) is 0 Å². The van der Waals surface area contributed by atoms with Gasteiger partial charge in [0.05, 0.1) is 5.60 Å². The van der Waals surface area contributed by atoms with Crippen LogP contribution in [-0.4, -0.2) is 15.8 Å². The molecule has 1 aromatic carbocycles. The standard InChI is InChI=1S/C14H20O2/c1-11-6-5-7-12(10-11)13(15)14(16)8-3-2-4-9-14/h5-7,10,13,15-16H,2-4,8-9H2,1H3. The molecule has 0 spiro atoms. The van der Waals surface area contributed by atoms with Crippen molar-refractivity contribution in [2.24, 2.45) is 0 Å². The summed E-state index contributed by atoms with van der Waals surface area (Å²) in [6, 6.07) is 7.78. The summed E-state index contributed by atoms with van der Waals surface area (Å²) in [6.45, 7) is 2.00. The van der Waals surface area contributed by atoms with Gasteiger partial charge >= 0.3 is 0 Å². The number of rotatable bonds is 2. The minimum atomic E-state index is -0.911. The average Bonchev–Trinajstić information content (AvgIpc) is 2.29. The van der Waals surface area contributed by atoms with Crippen molar-refractivity contribution in [2.75, 3.05) is 0 Å². The van der Waals surface area contributed by atoms with E-state index in [-0.39, 0.29) is 0 Å². The van der Waals surface area contributed by atoms with Crippen LogP contribution in [0.1, 0.15) is 49.3 Å². The van der Waals surface area contributed by atoms with Crippen molar-refractivity contribution in [2.45, 2.75) is 50.7 Å². The van der Waals surface area contributed by atoms with Crippen molar-refractivity contribution in [3.63, 3.8) is 0 Å². The molecule has 0 aliphatic heterocycles. The van der Waals surface area contributed by atoms with Gasteiger partial charge in [0.1, 0.15) is 6.10 Å². The predicted molar refractivity (Wildman–Crippen MR) is 64.2 cm³/mol. The Labute approximate surface area is 96.9 Å². The lowest BCUT2D eigenvalue weighted by Crippen LogP contribution is -2.38. The Morgan fingerprint density at radius 2 is 1.88 bits per heavy atom. The van der Waals surface area contributed by atoms with Gasteiger partial charge in [0.2, 0.25) is 0 Å². The Bertz CT molecular complexity index is 354. The summed E-state index contributed by atoms with van der Waals surface area (Å²) in [4.78, 5) is 0. The first-order valence-electron chi connectivity index (χ1n) is 6.09. The summed E-state index contributed by atoms with van der Waals surface area (Å²) in [5.74, 6) is 0. The van der Waals surface area contributed by atoms with Gasteiger partial charge in [-0.05, 0) is 25.3 Å². The first-order chi connectivity index (χ1) is 7.62. The Kier molecular flexibility index (Phi) is 3.31. The molecule has 2 rings (SSSR count). The molecule has 2 heteroatoms. The molecule has 1 unspecified atom stereocenters. The van der Waals surface area contributed by atoms with Gasteiger partial charge in [-0.3, -0.25) is 0 Å². The molecule has 1 atom stereocenters. The van der Waals surface area contributed by atoms with E-state index in [2.05, 4.69) is 0 Å². The summed E-state index contributed by atoms with van der Waals surface area (Å²) in [5.41, 5.74) is 1.05. The third kappa shape index (κ3) is 2.28. The Morgan fingerprint density at radius 1 is 1.19 bits per heavy atom. The zero-order valence-electron chi connectivity index (χ0n) is 9.82. The molecule has 1 aliphatic carbocycles. The smallest absolute Gasteiger partial charge is 0.108 e. The van der Waals surface area contributed by atoms with Crippen molar-refractivity contribution >= 4 is 0 Å². The molecule has 16 heavy (non-hydrogen) atoms. The minimum absolute atomic E-state index is 0.710. The fraction of sp³-hybridized carbons (Fsp3) is 0.571. The maximum Gasteiger partial charge on any atom is 0.108 e. The Morgan fingerprint density at radius 3 is 2.50 bits per heavy atom. The number of benzene rings is 1. The van der Waals surface area contributed by atoms with Gasteiger partial charge in [-0.2, -0.15) is 0 Å². The van der Waals surface area contributed by atoms with Crippen molar-refractivity contribution in [3.05, 3.63) is 35.4 Å². The van der Waals surface area contributed by atoms with Crippen LogP contribution in [0.4, 0.5) is 0 Å². The van der Waals surface area contributed by atoms with E-state index in [1.165, 1.54) is 6.42 Å². The molecule has 1 fully saturated rings. The Hall–Kier alpha value is -0.860. The molecular weight excluding hydrogens is 200 g/mol. The van der Waals surface area contributed by atoms with Crippen LogP contribution in [-0.2, 0) is 0 Å². The third-order valence-corrected chi connectivity index (χ3v) is 3.59. The molecule has 0 bridgehead atoms. The van der Waals surface area contributed by atoms with E-state index in [1.54, 1.807) is 0 Å². The summed E-state index contributed by atoms with van der Waals surface area (Å²) in [6.07, 6.45) is 3.87. The summed E-state index contributed by atoms with van der Waals surface area (Å²) < 4.78 is 0. The van der Waals surface area contributed by atoms with Gasteiger partial charge < -0.3 is 10.2 Å². The van der Waals surface area contributed by atoms with Crippen molar-refractivity contribution in [3.8, 4) is 0 Å². The number of aryl methyl sites for hydroxylation is 1. The Balaban J connectivity index is 2.20. The van der Waals surface area contributed by atoms with Crippen molar-refractivity contribution < 1.29 is 10.2 Å². The zero-order valence-corrected chi connectivity index (χ0v) is 9.82. The molecule has 0 amide bonds. The van der Waals surface area contributed by atoms with Crippen LogP contribution in [0, 0.1) is 6.92 Å². The highest BCUT2D eigenvalue weighted by molar-refractivity contribution is 5.26. The molecular formula is C14H20O2. The lowest BCUT2D eigenvalue weighted by atomic mass is 9.78. The summed E-state index contributed by atoms with van der Waals surface area (Å²) in [5, 5.41) is 20.7.